The predicted octanol–water partition coefficient (Wildman–Crippen LogP) is -0.601. The fourth-order valence-electron chi connectivity index (χ4n) is 0.317. The Morgan fingerprint density at radius 2 is 2.11 bits per heavy atom. The molecule has 0 amide bonds. The third-order valence-electron chi connectivity index (χ3n) is 0.681. The molecule has 0 bridgehead atoms. The molecule has 0 heterocycles. The zero-order valence-electron chi connectivity index (χ0n) is 4.50. The second-order valence-corrected chi connectivity index (χ2v) is 1.41. The number of aliphatic carboxylic acids is 1. The number of carboxylic acid groups (broad SMARTS) is 1. The van der Waals surface area contributed by atoms with Crippen LogP contribution in [-0.4, -0.2) is 41.6 Å². The molecule has 3 nitrogen and oxygen atoms in total. The molecule has 0 fully saturated rings. The van der Waals surface area contributed by atoms with Crippen LogP contribution in [0, 0.1) is 6.42 Å². The van der Waals surface area contributed by atoms with Crippen molar-refractivity contribution in [2.45, 2.75) is 12.8 Å². The van der Waals surface area contributed by atoms with E-state index in [-0.39, 0.29) is 25.5 Å². The summed E-state index contributed by atoms with van der Waals surface area (Å²) in [5.74, 6) is -0.918. The Morgan fingerprint density at radius 3 is 2.44 bits per heavy atom. The van der Waals surface area contributed by atoms with Crippen LogP contribution in [0.3, 0.4) is 0 Å². The van der Waals surface area contributed by atoms with Gasteiger partial charge >= 0.3 is 24.8 Å². The predicted molar refractivity (Wildman–Crippen MR) is 35.4 cm³/mol. The van der Waals surface area contributed by atoms with Gasteiger partial charge in [-0.05, 0) is 12.8 Å². The normalized spacial score (nSPS) is 8.11. The summed E-state index contributed by atoms with van der Waals surface area (Å²) in [6, 6.07) is 0. The molecular formula is C5H10LiO3. The molecule has 0 aliphatic carbocycles. The van der Waals surface area contributed by atoms with Gasteiger partial charge in [-0.3, -0.25) is 4.79 Å². The second kappa shape index (κ2) is 8.03. The zero-order chi connectivity index (χ0) is 6.41. The molecule has 4 heteroatoms. The third kappa shape index (κ3) is 11.5. The molecule has 0 aromatic rings. The SMILES string of the molecule is O=C(O)[CH]CCCO.[LiH]. The van der Waals surface area contributed by atoms with Crippen molar-refractivity contribution in [1.29, 1.82) is 0 Å². The summed E-state index contributed by atoms with van der Waals surface area (Å²) in [5, 5.41) is 16.2. The van der Waals surface area contributed by atoms with Gasteiger partial charge < -0.3 is 10.2 Å². The van der Waals surface area contributed by atoms with Crippen LogP contribution >= 0.6 is 0 Å². The molecule has 0 atom stereocenters. The Kier molecular flexibility index (Phi) is 10.5. The number of rotatable bonds is 4. The third-order valence-corrected chi connectivity index (χ3v) is 0.681. The molecule has 2 N–H and O–H groups in total. The first kappa shape index (κ1) is 11.8. The van der Waals surface area contributed by atoms with Crippen LogP contribution in [0.4, 0.5) is 0 Å². The van der Waals surface area contributed by atoms with Crippen molar-refractivity contribution in [1.82, 2.24) is 0 Å². The molecule has 0 aromatic heterocycles. The molecule has 0 aromatic carbocycles. The van der Waals surface area contributed by atoms with E-state index < -0.39 is 5.97 Å². The first-order valence-electron chi connectivity index (χ1n) is 2.44. The van der Waals surface area contributed by atoms with Gasteiger partial charge in [0.25, 0.3) is 0 Å². The van der Waals surface area contributed by atoms with E-state index in [0.29, 0.717) is 12.8 Å². The van der Waals surface area contributed by atoms with Crippen LogP contribution in [0.25, 0.3) is 0 Å². The van der Waals surface area contributed by atoms with E-state index in [0.717, 1.165) is 6.42 Å². The Morgan fingerprint density at radius 1 is 1.56 bits per heavy atom. The quantitative estimate of drug-likeness (QED) is 0.389. The molecule has 1 radical (unpaired) electrons. The number of unbranched alkanes of at least 4 members (excludes halogenated alkanes) is 1. The molecule has 0 unspecified atom stereocenters. The Bertz CT molecular complexity index is 74.6. The van der Waals surface area contributed by atoms with Gasteiger partial charge in [-0.1, -0.05) is 0 Å². The van der Waals surface area contributed by atoms with Gasteiger partial charge in [-0.2, -0.15) is 0 Å². The topological polar surface area (TPSA) is 57.5 Å². The summed E-state index contributed by atoms with van der Waals surface area (Å²) in [5.41, 5.74) is 0. The first-order chi connectivity index (χ1) is 3.77. The first-order valence-corrected chi connectivity index (χ1v) is 2.44. The van der Waals surface area contributed by atoms with E-state index in [4.69, 9.17) is 10.2 Å². The Hall–Kier alpha value is 0.0274. The van der Waals surface area contributed by atoms with Crippen molar-refractivity contribution in [3.05, 3.63) is 6.42 Å². The van der Waals surface area contributed by atoms with E-state index in [9.17, 15) is 4.79 Å². The van der Waals surface area contributed by atoms with Crippen molar-refractivity contribution >= 4 is 24.8 Å². The second-order valence-electron chi connectivity index (χ2n) is 1.41. The number of aliphatic hydroxyl groups is 1. The van der Waals surface area contributed by atoms with Crippen LogP contribution in [0.5, 0.6) is 0 Å². The van der Waals surface area contributed by atoms with Crippen molar-refractivity contribution in [3.8, 4) is 0 Å². The summed E-state index contributed by atoms with van der Waals surface area (Å²) in [6.45, 7) is 0.0593. The number of carbonyl (C=O) groups is 1. The molecule has 0 saturated carbocycles. The summed E-state index contributed by atoms with van der Waals surface area (Å²) in [7, 11) is 0. The monoisotopic (exact) mass is 125 g/mol. The number of hydrogen-bond donors (Lipinski definition) is 2. The van der Waals surface area contributed by atoms with Gasteiger partial charge in [-0.15, -0.1) is 0 Å². The van der Waals surface area contributed by atoms with Gasteiger partial charge in [0.15, 0.2) is 0 Å². The Balaban J connectivity index is 0. The van der Waals surface area contributed by atoms with Gasteiger partial charge in [0.1, 0.15) is 0 Å². The minimum atomic E-state index is -0.918. The summed E-state index contributed by atoms with van der Waals surface area (Å²) >= 11 is 0. The van der Waals surface area contributed by atoms with Gasteiger partial charge in [0.2, 0.25) is 0 Å². The van der Waals surface area contributed by atoms with Crippen molar-refractivity contribution in [2.75, 3.05) is 6.61 Å². The van der Waals surface area contributed by atoms with E-state index in [1.807, 2.05) is 0 Å². The van der Waals surface area contributed by atoms with Crippen molar-refractivity contribution in [3.63, 3.8) is 0 Å². The molecule has 0 saturated heterocycles. The van der Waals surface area contributed by atoms with Crippen LogP contribution in [0.2, 0.25) is 0 Å². The maximum absolute atomic E-state index is 9.74. The van der Waals surface area contributed by atoms with Crippen LogP contribution < -0.4 is 0 Å². The number of aliphatic hydroxyl groups excluding tert-OH is 1. The molecule has 0 rings (SSSR count). The van der Waals surface area contributed by atoms with Crippen LogP contribution in [0.1, 0.15) is 12.8 Å². The summed E-state index contributed by atoms with van der Waals surface area (Å²) in [6.07, 6.45) is 2.12. The standard InChI is InChI=1S/C5H9O3.Li.H/c6-4-2-1-3-5(7)8;;/h3,6H,1-2,4H2,(H,7,8);;. The van der Waals surface area contributed by atoms with Gasteiger partial charge in [0.05, 0.1) is 6.42 Å². The minimum absolute atomic E-state index is 0. The van der Waals surface area contributed by atoms with E-state index in [2.05, 4.69) is 0 Å². The zero-order valence-corrected chi connectivity index (χ0v) is 4.50. The number of hydrogen-bond acceptors (Lipinski definition) is 2. The molecular weight excluding hydrogens is 115 g/mol. The molecule has 0 aliphatic heterocycles. The maximum atomic E-state index is 9.74. The molecule has 49 valence electrons. The van der Waals surface area contributed by atoms with E-state index in [1.165, 1.54) is 0 Å². The molecule has 9 heavy (non-hydrogen) atoms. The molecule has 0 spiro atoms. The van der Waals surface area contributed by atoms with Crippen LogP contribution in [-0.2, 0) is 4.79 Å². The van der Waals surface area contributed by atoms with E-state index in [1.54, 1.807) is 0 Å². The fourth-order valence-corrected chi connectivity index (χ4v) is 0.317. The van der Waals surface area contributed by atoms with Crippen molar-refractivity contribution < 1.29 is 15.0 Å². The number of carboxylic acids is 1. The summed E-state index contributed by atoms with van der Waals surface area (Å²) in [4.78, 5) is 9.74. The van der Waals surface area contributed by atoms with Gasteiger partial charge in [-0.25, -0.2) is 0 Å². The fraction of sp³-hybridized carbons (Fsp3) is 0.600. The van der Waals surface area contributed by atoms with Gasteiger partial charge in [0, 0.05) is 6.61 Å². The summed E-state index contributed by atoms with van der Waals surface area (Å²) < 4.78 is 0. The van der Waals surface area contributed by atoms with E-state index >= 15 is 0 Å². The molecule has 0 aliphatic rings. The average molecular weight is 125 g/mol. The van der Waals surface area contributed by atoms with Crippen molar-refractivity contribution in [2.24, 2.45) is 0 Å². The average Bonchev–Trinajstić information content (AvgIpc) is 1.66. The Labute approximate surface area is 66.2 Å². The van der Waals surface area contributed by atoms with Crippen LogP contribution in [0.15, 0.2) is 0 Å².